The molecular weight excluding hydrogens is 242 g/mol. The van der Waals surface area contributed by atoms with Crippen molar-refractivity contribution in [3.63, 3.8) is 0 Å². The topological polar surface area (TPSA) is 92.9 Å². The van der Waals surface area contributed by atoms with Crippen LogP contribution in [0.1, 0.15) is 45.9 Å². The SMILES string of the molecule is CCCNc1cc(NC(C)C(N)=O)nc(C(C)C)n1. The van der Waals surface area contributed by atoms with Crippen LogP contribution in [-0.2, 0) is 4.79 Å². The van der Waals surface area contributed by atoms with E-state index in [-0.39, 0.29) is 5.92 Å². The van der Waals surface area contributed by atoms with Crippen LogP contribution in [0.3, 0.4) is 0 Å². The van der Waals surface area contributed by atoms with Crippen LogP contribution in [-0.4, -0.2) is 28.5 Å². The van der Waals surface area contributed by atoms with Crippen molar-refractivity contribution in [1.82, 2.24) is 9.97 Å². The van der Waals surface area contributed by atoms with Gasteiger partial charge < -0.3 is 16.4 Å². The van der Waals surface area contributed by atoms with Crippen LogP contribution in [0.15, 0.2) is 6.07 Å². The van der Waals surface area contributed by atoms with E-state index in [1.165, 1.54) is 0 Å². The fourth-order valence-corrected chi connectivity index (χ4v) is 1.43. The van der Waals surface area contributed by atoms with Gasteiger partial charge in [0.25, 0.3) is 0 Å². The van der Waals surface area contributed by atoms with E-state index in [0.717, 1.165) is 24.6 Å². The number of hydrogen-bond donors (Lipinski definition) is 3. The molecule has 1 amide bonds. The quantitative estimate of drug-likeness (QED) is 0.698. The molecule has 0 radical (unpaired) electrons. The van der Waals surface area contributed by atoms with Crippen LogP contribution in [0.4, 0.5) is 11.6 Å². The number of nitrogens with one attached hydrogen (secondary N) is 2. The third-order valence-electron chi connectivity index (χ3n) is 2.61. The maximum atomic E-state index is 11.1. The minimum atomic E-state index is -0.464. The van der Waals surface area contributed by atoms with Gasteiger partial charge in [-0.3, -0.25) is 4.79 Å². The van der Waals surface area contributed by atoms with Gasteiger partial charge in [-0.25, -0.2) is 9.97 Å². The molecule has 1 aromatic heterocycles. The monoisotopic (exact) mass is 265 g/mol. The number of hydrogen-bond acceptors (Lipinski definition) is 5. The molecule has 0 aliphatic rings. The highest BCUT2D eigenvalue weighted by Gasteiger charge is 2.12. The second-order valence-electron chi connectivity index (χ2n) is 4.85. The molecular formula is C13H23N5O. The van der Waals surface area contributed by atoms with Crippen LogP contribution < -0.4 is 16.4 Å². The van der Waals surface area contributed by atoms with E-state index >= 15 is 0 Å². The van der Waals surface area contributed by atoms with Gasteiger partial charge in [0.2, 0.25) is 5.91 Å². The number of aromatic nitrogens is 2. The van der Waals surface area contributed by atoms with Crippen molar-refractivity contribution in [2.45, 2.75) is 46.1 Å². The summed E-state index contributed by atoms with van der Waals surface area (Å²) in [6.45, 7) is 8.70. The van der Waals surface area contributed by atoms with E-state index in [9.17, 15) is 4.79 Å². The van der Waals surface area contributed by atoms with Gasteiger partial charge >= 0.3 is 0 Å². The van der Waals surface area contributed by atoms with Crippen LogP contribution >= 0.6 is 0 Å². The maximum Gasteiger partial charge on any atom is 0.239 e. The van der Waals surface area contributed by atoms with E-state index in [1.807, 2.05) is 13.8 Å². The van der Waals surface area contributed by atoms with E-state index in [1.54, 1.807) is 13.0 Å². The van der Waals surface area contributed by atoms with Crippen molar-refractivity contribution >= 4 is 17.5 Å². The number of nitrogens with zero attached hydrogens (tertiary/aromatic N) is 2. The average molecular weight is 265 g/mol. The summed E-state index contributed by atoms with van der Waals surface area (Å²) in [5.74, 6) is 1.92. The molecule has 0 fully saturated rings. The molecule has 0 saturated heterocycles. The summed E-state index contributed by atoms with van der Waals surface area (Å²) in [4.78, 5) is 19.9. The van der Waals surface area contributed by atoms with Crippen molar-refractivity contribution < 1.29 is 4.79 Å². The molecule has 106 valence electrons. The predicted molar refractivity (Wildman–Crippen MR) is 77.2 cm³/mol. The largest absolute Gasteiger partial charge is 0.370 e. The lowest BCUT2D eigenvalue weighted by molar-refractivity contribution is -0.118. The fraction of sp³-hybridized carbons (Fsp3) is 0.615. The Labute approximate surface area is 114 Å². The van der Waals surface area contributed by atoms with Gasteiger partial charge in [0.05, 0.1) is 0 Å². The summed E-state index contributed by atoms with van der Waals surface area (Å²) >= 11 is 0. The Bertz CT molecular complexity index is 433. The molecule has 0 aliphatic heterocycles. The van der Waals surface area contributed by atoms with Crippen molar-refractivity contribution in [1.29, 1.82) is 0 Å². The third kappa shape index (κ3) is 4.73. The first-order valence-electron chi connectivity index (χ1n) is 6.62. The van der Waals surface area contributed by atoms with Crippen LogP contribution in [0, 0.1) is 0 Å². The Balaban J connectivity index is 2.95. The average Bonchev–Trinajstić information content (AvgIpc) is 2.35. The Kier molecular flexibility index (Phi) is 5.54. The molecule has 1 atom stereocenters. The summed E-state index contributed by atoms with van der Waals surface area (Å²) in [5, 5.41) is 6.21. The maximum absolute atomic E-state index is 11.1. The highest BCUT2D eigenvalue weighted by molar-refractivity contribution is 5.82. The van der Waals surface area contributed by atoms with Gasteiger partial charge in [-0.05, 0) is 13.3 Å². The minimum absolute atomic E-state index is 0.216. The lowest BCUT2D eigenvalue weighted by Gasteiger charge is -2.15. The number of carbonyl (C=O) groups is 1. The van der Waals surface area contributed by atoms with Crippen LogP contribution in [0.5, 0.6) is 0 Å². The zero-order valence-corrected chi connectivity index (χ0v) is 12.0. The van der Waals surface area contributed by atoms with Crippen molar-refractivity contribution in [2.75, 3.05) is 17.2 Å². The van der Waals surface area contributed by atoms with Gasteiger partial charge in [-0.2, -0.15) is 0 Å². The summed E-state index contributed by atoms with van der Waals surface area (Å²) in [5.41, 5.74) is 5.24. The molecule has 0 bridgehead atoms. The normalized spacial score (nSPS) is 12.3. The smallest absolute Gasteiger partial charge is 0.239 e. The molecule has 0 spiro atoms. The Morgan fingerprint density at radius 3 is 2.47 bits per heavy atom. The summed E-state index contributed by atoms with van der Waals surface area (Å²) in [6.07, 6.45) is 1.02. The zero-order valence-electron chi connectivity index (χ0n) is 12.0. The van der Waals surface area contributed by atoms with E-state index in [4.69, 9.17) is 5.73 Å². The first-order valence-corrected chi connectivity index (χ1v) is 6.62. The zero-order chi connectivity index (χ0) is 14.4. The second-order valence-corrected chi connectivity index (χ2v) is 4.85. The Morgan fingerprint density at radius 2 is 1.95 bits per heavy atom. The minimum Gasteiger partial charge on any atom is -0.370 e. The number of anilines is 2. The number of primary amides is 1. The van der Waals surface area contributed by atoms with E-state index < -0.39 is 11.9 Å². The molecule has 1 heterocycles. The van der Waals surface area contributed by atoms with E-state index in [2.05, 4.69) is 27.5 Å². The summed E-state index contributed by atoms with van der Waals surface area (Å²) < 4.78 is 0. The van der Waals surface area contributed by atoms with Gasteiger partial charge in [-0.15, -0.1) is 0 Å². The lowest BCUT2D eigenvalue weighted by atomic mass is 10.2. The number of rotatable bonds is 7. The molecule has 6 nitrogen and oxygen atoms in total. The summed E-state index contributed by atoms with van der Waals surface area (Å²) in [6, 6.07) is 1.33. The second kappa shape index (κ2) is 6.92. The van der Waals surface area contributed by atoms with Crippen molar-refractivity contribution in [3.05, 3.63) is 11.9 Å². The number of nitrogens with two attached hydrogens (primary N) is 1. The molecule has 1 unspecified atom stereocenters. The molecule has 0 aliphatic carbocycles. The van der Waals surface area contributed by atoms with E-state index in [0.29, 0.717) is 5.82 Å². The van der Waals surface area contributed by atoms with Gasteiger partial charge in [0, 0.05) is 18.5 Å². The molecule has 0 saturated carbocycles. The van der Waals surface area contributed by atoms with Crippen LogP contribution in [0.2, 0.25) is 0 Å². The molecule has 4 N–H and O–H groups in total. The van der Waals surface area contributed by atoms with Crippen molar-refractivity contribution in [2.24, 2.45) is 5.73 Å². The Hall–Kier alpha value is -1.85. The highest BCUT2D eigenvalue weighted by atomic mass is 16.1. The van der Waals surface area contributed by atoms with Gasteiger partial charge in [0.1, 0.15) is 23.5 Å². The third-order valence-corrected chi connectivity index (χ3v) is 2.61. The highest BCUT2D eigenvalue weighted by Crippen LogP contribution is 2.17. The standard InChI is InChI=1S/C13H23N5O/c1-5-6-15-10-7-11(16-9(4)12(14)19)18-13(17-10)8(2)3/h7-9H,5-6H2,1-4H3,(H2,14,19)(H2,15,16,17,18). The van der Waals surface area contributed by atoms with Gasteiger partial charge in [0.15, 0.2) is 0 Å². The first kappa shape index (κ1) is 15.2. The molecule has 1 rings (SSSR count). The first-order chi connectivity index (χ1) is 8.93. The predicted octanol–water partition coefficient (Wildman–Crippen LogP) is 1.71. The van der Waals surface area contributed by atoms with Crippen molar-refractivity contribution in [3.8, 4) is 0 Å². The summed E-state index contributed by atoms with van der Waals surface area (Å²) in [7, 11) is 0. The number of amides is 1. The fourth-order valence-electron chi connectivity index (χ4n) is 1.43. The molecule has 0 aromatic carbocycles. The lowest BCUT2D eigenvalue weighted by Crippen LogP contribution is -2.33. The molecule has 19 heavy (non-hydrogen) atoms. The van der Waals surface area contributed by atoms with Crippen LogP contribution in [0.25, 0.3) is 0 Å². The van der Waals surface area contributed by atoms with Gasteiger partial charge in [-0.1, -0.05) is 20.8 Å². The molecule has 6 heteroatoms. The Morgan fingerprint density at radius 1 is 1.32 bits per heavy atom. The molecule has 1 aromatic rings. The number of carbonyl (C=O) groups excluding carboxylic acids is 1.